The summed E-state index contributed by atoms with van der Waals surface area (Å²) in [5, 5.41) is 6.28. The zero-order chi connectivity index (χ0) is 14.4. The van der Waals surface area contributed by atoms with Crippen molar-refractivity contribution in [2.24, 2.45) is 5.92 Å². The van der Waals surface area contributed by atoms with Gasteiger partial charge < -0.3 is 10.6 Å². The zero-order valence-corrected chi connectivity index (χ0v) is 13.7. The van der Waals surface area contributed by atoms with E-state index in [0.717, 1.165) is 25.2 Å². The number of carbonyl (C=O) groups excluding carboxylic acids is 1. The minimum atomic E-state index is 0. The molecule has 1 aromatic carbocycles. The first-order valence-electron chi connectivity index (χ1n) is 7.40. The molecule has 2 atom stereocenters. The molecule has 21 heavy (non-hydrogen) atoms. The number of carbonyl (C=O) groups is 1. The lowest BCUT2D eigenvalue weighted by Crippen LogP contribution is -2.37. The molecule has 0 spiro atoms. The van der Waals surface area contributed by atoms with Crippen LogP contribution in [0.2, 0.25) is 0 Å². The average Bonchev–Trinajstić information content (AvgIpc) is 2.87. The van der Waals surface area contributed by atoms with Crippen molar-refractivity contribution in [2.45, 2.75) is 19.4 Å². The summed E-state index contributed by atoms with van der Waals surface area (Å²) in [6, 6.07) is 10.2. The number of hydrogen-bond acceptors (Lipinski definition) is 3. The van der Waals surface area contributed by atoms with E-state index >= 15 is 0 Å². The van der Waals surface area contributed by atoms with E-state index in [1.165, 1.54) is 6.42 Å². The second-order valence-corrected chi connectivity index (χ2v) is 5.65. The highest BCUT2D eigenvalue weighted by molar-refractivity contribution is 5.85. The molecule has 4 nitrogen and oxygen atoms in total. The van der Waals surface area contributed by atoms with Gasteiger partial charge in [0, 0.05) is 6.54 Å². The van der Waals surface area contributed by atoms with Gasteiger partial charge in [-0.2, -0.15) is 0 Å². The predicted molar refractivity (Wildman–Crippen MR) is 88.7 cm³/mol. The van der Waals surface area contributed by atoms with Gasteiger partial charge in [-0.15, -0.1) is 12.4 Å². The quantitative estimate of drug-likeness (QED) is 0.842. The van der Waals surface area contributed by atoms with Crippen molar-refractivity contribution in [3.63, 3.8) is 0 Å². The molecule has 1 heterocycles. The fourth-order valence-electron chi connectivity index (χ4n) is 2.83. The van der Waals surface area contributed by atoms with E-state index in [-0.39, 0.29) is 24.4 Å². The first-order valence-corrected chi connectivity index (χ1v) is 7.40. The highest BCUT2D eigenvalue weighted by atomic mass is 35.5. The number of halogens is 1. The van der Waals surface area contributed by atoms with E-state index in [4.69, 9.17) is 0 Å². The standard InChI is InChI=1S/C16H25N3O.ClH/c1-13(15-6-4-3-5-7-15)18-16(20)12-19-9-8-14(11-19)10-17-2;/h3-7,13-14,17H,8-12H2,1-2H3,(H,18,20);1H. The van der Waals surface area contributed by atoms with E-state index in [1.54, 1.807) is 0 Å². The van der Waals surface area contributed by atoms with Gasteiger partial charge in [-0.3, -0.25) is 9.69 Å². The smallest absolute Gasteiger partial charge is 0.234 e. The normalized spacial score (nSPS) is 19.8. The molecule has 2 unspecified atom stereocenters. The molecule has 1 aromatic rings. The lowest BCUT2D eigenvalue weighted by atomic mass is 10.1. The van der Waals surface area contributed by atoms with E-state index in [2.05, 4.69) is 15.5 Å². The maximum atomic E-state index is 12.1. The third-order valence-electron chi connectivity index (χ3n) is 3.91. The lowest BCUT2D eigenvalue weighted by molar-refractivity contribution is -0.122. The molecular weight excluding hydrogens is 286 g/mol. The maximum absolute atomic E-state index is 12.1. The van der Waals surface area contributed by atoms with Crippen molar-refractivity contribution in [1.29, 1.82) is 0 Å². The van der Waals surface area contributed by atoms with Gasteiger partial charge in [0.25, 0.3) is 0 Å². The second kappa shape index (κ2) is 9.03. The van der Waals surface area contributed by atoms with Crippen LogP contribution in [0.25, 0.3) is 0 Å². The van der Waals surface area contributed by atoms with Crippen molar-refractivity contribution >= 4 is 18.3 Å². The Morgan fingerprint density at radius 1 is 1.38 bits per heavy atom. The number of hydrogen-bond donors (Lipinski definition) is 2. The molecule has 1 aliphatic heterocycles. The number of benzene rings is 1. The maximum Gasteiger partial charge on any atom is 0.234 e. The molecule has 0 saturated carbocycles. The van der Waals surface area contributed by atoms with Gasteiger partial charge in [0.15, 0.2) is 0 Å². The molecular formula is C16H26ClN3O. The summed E-state index contributed by atoms with van der Waals surface area (Å²) in [5.74, 6) is 0.797. The minimum Gasteiger partial charge on any atom is -0.348 e. The Labute approximate surface area is 133 Å². The number of likely N-dealkylation sites (tertiary alicyclic amines) is 1. The van der Waals surface area contributed by atoms with Gasteiger partial charge in [-0.05, 0) is 45.0 Å². The van der Waals surface area contributed by atoms with E-state index < -0.39 is 0 Å². The van der Waals surface area contributed by atoms with Gasteiger partial charge >= 0.3 is 0 Å². The average molecular weight is 312 g/mol. The summed E-state index contributed by atoms with van der Waals surface area (Å²) >= 11 is 0. The molecule has 0 radical (unpaired) electrons. The van der Waals surface area contributed by atoms with Crippen molar-refractivity contribution in [3.8, 4) is 0 Å². The highest BCUT2D eigenvalue weighted by Crippen LogP contribution is 2.15. The molecule has 1 fully saturated rings. The van der Waals surface area contributed by atoms with Crippen LogP contribution in [-0.2, 0) is 4.79 Å². The Morgan fingerprint density at radius 3 is 2.76 bits per heavy atom. The summed E-state index contributed by atoms with van der Waals surface area (Å²) in [5.41, 5.74) is 1.15. The summed E-state index contributed by atoms with van der Waals surface area (Å²) in [4.78, 5) is 14.3. The minimum absolute atomic E-state index is 0. The van der Waals surface area contributed by atoms with Crippen molar-refractivity contribution < 1.29 is 4.79 Å². The molecule has 118 valence electrons. The Kier molecular flexibility index (Phi) is 7.72. The topological polar surface area (TPSA) is 44.4 Å². The predicted octanol–water partition coefficient (Wildman–Crippen LogP) is 1.83. The van der Waals surface area contributed by atoms with E-state index in [9.17, 15) is 4.79 Å². The van der Waals surface area contributed by atoms with Crippen LogP contribution in [-0.4, -0.2) is 44.0 Å². The van der Waals surface area contributed by atoms with E-state index in [0.29, 0.717) is 12.5 Å². The largest absolute Gasteiger partial charge is 0.348 e. The number of nitrogens with one attached hydrogen (secondary N) is 2. The summed E-state index contributed by atoms with van der Waals surface area (Å²) in [6.45, 7) is 5.63. The van der Waals surface area contributed by atoms with Crippen LogP contribution in [0, 0.1) is 5.92 Å². The molecule has 2 N–H and O–H groups in total. The molecule has 2 rings (SSSR count). The monoisotopic (exact) mass is 311 g/mol. The molecule has 1 amide bonds. The third-order valence-corrected chi connectivity index (χ3v) is 3.91. The molecule has 0 aromatic heterocycles. The van der Waals surface area contributed by atoms with Crippen LogP contribution >= 0.6 is 12.4 Å². The van der Waals surface area contributed by atoms with Crippen LogP contribution in [0.15, 0.2) is 30.3 Å². The first kappa shape index (κ1) is 18.0. The number of amides is 1. The molecule has 1 saturated heterocycles. The molecule has 0 aliphatic carbocycles. The van der Waals surface area contributed by atoms with Crippen LogP contribution < -0.4 is 10.6 Å². The van der Waals surface area contributed by atoms with Crippen LogP contribution in [0.5, 0.6) is 0 Å². The van der Waals surface area contributed by atoms with Gasteiger partial charge in [0.05, 0.1) is 12.6 Å². The summed E-state index contributed by atoms with van der Waals surface area (Å²) < 4.78 is 0. The Morgan fingerprint density at radius 2 is 2.10 bits per heavy atom. The van der Waals surface area contributed by atoms with Gasteiger partial charge in [-0.25, -0.2) is 0 Å². The second-order valence-electron chi connectivity index (χ2n) is 5.65. The van der Waals surface area contributed by atoms with Crippen LogP contribution in [0.3, 0.4) is 0 Å². The Bertz CT molecular complexity index is 427. The zero-order valence-electron chi connectivity index (χ0n) is 12.8. The number of rotatable bonds is 6. The SMILES string of the molecule is CNCC1CCN(CC(=O)NC(C)c2ccccc2)C1.Cl. The molecule has 0 bridgehead atoms. The van der Waals surface area contributed by atoms with Gasteiger partial charge in [-0.1, -0.05) is 30.3 Å². The highest BCUT2D eigenvalue weighted by Gasteiger charge is 2.23. The van der Waals surface area contributed by atoms with Crippen LogP contribution in [0.4, 0.5) is 0 Å². The first-order chi connectivity index (χ1) is 9.69. The van der Waals surface area contributed by atoms with Crippen molar-refractivity contribution in [2.75, 3.05) is 33.2 Å². The summed E-state index contributed by atoms with van der Waals surface area (Å²) in [6.07, 6.45) is 1.18. The van der Waals surface area contributed by atoms with Crippen molar-refractivity contribution in [1.82, 2.24) is 15.5 Å². The van der Waals surface area contributed by atoms with Crippen molar-refractivity contribution in [3.05, 3.63) is 35.9 Å². The van der Waals surface area contributed by atoms with Crippen LogP contribution in [0.1, 0.15) is 24.9 Å². The Hall–Kier alpha value is -1.10. The fourth-order valence-corrected chi connectivity index (χ4v) is 2.83. The number of nitrogens with zero attached hydrogens (tertiary/aromatic N) is 1. The summed E-state index contributed by atoms with van der Waals surface area (Å²) in [7, 11) is 1.98. The fraction of sp³-hybridized carbons (Fsp3) is 0.562. The molecule has 5 heteroatoms. The Balaban J connectivity index is 0.00000220. The third kappa shape index (κ3) is 5.65. The van der Waals surface area contributed by atoms with Gasteiger partial charge in [0.1, 0.15) is 0 Å². The lowest BCUT2D eigenvalue weighted by Gasteiger charge is -2.19. The molecule has 1 aliphatic rings. The van der Waals surface area contributed by atoms with E-state index in [1.807, 2.05) is 44.3 Å². The van der Waals surface area contributed by atoms with Gasteiger partial charge in [0.2, 0.25) is 5.91 Å².